The molecular formula is C11H10N2O7S. The number of rotatable bonds is 4. The highest BCUT2D eigenvalue weighted by Crippen LogP contribution is 2.25. The number of aromatic amines is 1. The Balaban J connectivity index is 2.65. The summed E-state index contributed by atoms with van der Waals surface area (Å²) >= 11 is 0. The number of hydrogen-bond acceptors (Lipinski definition) is 5. The Morgan fingerprint density at radius 3 is 2.48 bits per heavy atom. The van der Waals surface area contributed by atoms with E-state index in [1.165, 1.54) is 13.2 Å². The number of nitrogens with zero attached hydrogens (tertiary/aromatic N) is 1. The van der Waals surface area contributed by atoms with E-state index >= 15 is 0 Å². The molecule has 1 heterocycles. The van der Waals surface area contributed by atoms with Crippen LogP contribution in [0.1, 0.15) is 10.5 Å². The van der Waals surface area contributed by atoms with Crippen molar-refractivity contribution in [1.82, 2.24) is 9.78 Å². The molecule has 0 aliphatic carbocycles. The molecule has 2 aromatic rings. The number of H-pyrrole nitrogens is 1. The number of carboxylic acids is 1. The summed E-state index contributed by atoms with van der Waals surface area (Å²) in [6.07, 6.45) is 0. The lowest BCUT2D eigenvalue weighted by Gasteiger charge is -2.09. The molecule has 1 aromatic heterocycles. The summed E-state index contributed by atoms with van der Waals surface area (Å²) in [6, 6.07) is 4.14. The average Bonchev–Trinajstić information content (AvgIpc) is 2.79. The number of methoxy groups -OCH3 is 1. The van der Waals surface area contributed by atoms with Gasteiger partial charge in [0.05, 0.1) is 12.0 Å². The maximum atomic E-state index is 11.7. The molecule has 0 saturated heterocycles. The van der Waals surface area contributed by atoms with Crippen molar-refractivity contribution in [2.45, 2.75) is 4.90 Å². The molecule has 0 atom stereocenters. The van der Waals surface area contributed by atoms with Crippen LogP contribution < -0.4 is 10.3 Å². The first-order valence-corrected chi connectivity index (χ1v) is 6.89. The van der Waals surface area contributed by atoms with Crippen LogP contribution in [-0.2, 0) is 10.1 Å². The number of aromatic carboxylic acids is 1. The molecule has 0 saturated carbocycles. The van der Waals surface area contributed by atoms with E-state index in [-0.39, 0.29) is 17.1 Å². The van der Waals surface area contributed by atoms with E-state index in [1.54, 1.807) is 0 Å². The Labute approximate surface area is 118 Å². The second-order valence-corrected chi connectivity index (χ2v) is 5.38. The Hall–Kier alpha value is -2.59. The van der Waals surface area contributed by atoms with Crippen molar-refractivity contribution in [3.63, 3.8) is 0 Å². The first kappa shape index (κ1) is 14.8. The molecule has 21 heavy (non-hydrogen) atoms. The molecule has 3 N–H and O–H groups in total. The van der Waals surface area contributed by atoms with Gasteiger partial charge in [0.25, 0.3) is 15.7 Å². The minimum atomic E-state index is -4.42. The molecule has 2 rings (SSSR count). The number of nitrogens with one attached hydrogen (secondary N) is 1. The van der Waals surface area contributed by atoms with Crippen LogP contribution >= 0.6 is 0 Å². The molecule has 0 amide bonds. The second-order valence-electron chi connectivity index (χ2n) is 3.96. The summed E-state index contributed by atoms with van der Waals surface area (Å²) in [5.41, 5.74) is -0.895. The molecule has 112 valence electrons. The van der Waals surface area contributed by atoms with E-state index in [0.29, 0.717) is 0 Å². The molecule has 1 aromatic carbocycles. The van der Waals surface area contributed by atoms with Gasteiger partial charge in [0, 0.05) is 12.1 Å². The van der Waals surface area contributed by atoms with Crippen molar-refractivity contribution in [3.05, 3.63) is 40.3 Å². The fourth-order valence-corrected chi connectivity index (χ4v) is 2.18. The van der Waals surface area contributed by atoms with E-state index in [1.807, 2.05) is 0 Å². The fourth-order valence-electron chi connectivity index (χ4n) is 1.69. The molecule has 10 heteroatoms. The van der Waals surface area contributed by atoms with Crippen LogP contribution in [0.3, 0.4) is 0 Å². The first-order chi connectivity index (χ1) is 9.74. The van der Waals surface area contributed by atoms with Gasteiger partial charge in [0.2, 0.25) is 0 Å². The molecule has 0 aliphatic heterocycles. The van der Waals surface area contributed by atoms with Gasteiger partial charge in [0.1, 0.15) is 17.1 Å². The largest absolute Gasteiger partial charge is 0.494 e. The van der Waals surface area contributed by atoms with Crippen molar-refractivity contribution in [1.29, 1.82) is 0 Å². The summed E-state index contributed by atoms with van der Waals surface area (Å²) in [7, 11) is -3.19. The lowest BCUT2D eigenvalue weighted by Crippen LogP contribution is -2.15. The lowest BCUT2D eigenvalue weighted by atomic mass is 10.3. The van der Waals surface area contributed by atoms with Crippen LogP contribution in [0.2, 0.25) is 0 Å². The Bertz CT molecular complexity index is 863. The van der Waals surface area contributed by atoms with Gasteiger partial charge in [0.15, 0.2) is 0 Å². The minimum Gasteiger partial charge on any atom is -0.494 e. The van der Waals surface area contributed by atoms with Crippen LogP contribution in [0.15, 0.2) is 34.0 Å². The average molecular weight is 314 g/mol. The van der Waals surface area contributed by atoms with E-state index in [4.69, 9.17) is 14.4 Å². The van der Waals surface area contributed by atoms with Gasteiger partial charge < -0.3 is 9.84 Å². The number of hydrogen-bond donors (Lipinski definition) is 3. The minimum absolute atomic E-state index is 0.0361. The summed E-state index contributed by atoms with van der Waals surface area (Å²) in [6.45, 7) is 0. The van der Waals surface area contributed by atoms with E-state index in [2.05, 4.69) is 5.10 Å². The van der Waals surface area contributed by atoms with E-state index < -0.39 is 26.5 Å². The van der Waals surface area contributed by atoms with Crippen LogP contribution in [0.5, 0.6) is 5.75 Å². The molecule has 0 radical (unpaired) electrons. The zero-order chi connectivity index (χ0) is 15.8. The summed E-state index contributed by atoms with van der Waals surface area (Å²) < 4.78 is 36.9. The third-order valence-corrected chi connectivity index (χ3v) is 3.49. The zero-order valence-corrected chi connectivity index (χ0v) is 11.4. The number of carboxylic acid groups (broad SMARTS) is 1. The topological polar surface area (TPSA) is 139 Å². The maximum absolute atomic E-state index is 11.7. The maximum Gasteiger partial charge on any atom is 0.353 e. The lowest BCUT2D eigenvalue weighted by molar-refractivity contribution is 0.0690. The number of ether oxygens (including phenoxy) is 1. The predicted octanol–water partition coefficient (Wildman–Crippen LogP) is 0.119. The van der Waals surface area contributed by atoms with Gasteiger partial charge in [-0.15, -0.1) is 0 Å². The number of carbonyl (C=O) groups is 1. The molecule has 0 unspecified atom stereocenters. The van der Waals surface area contributed by atoms with E-state index in [9.17, 15) is 18.0 Å². The van der Waals surface area contributed by atoms with Crippen LogP contribution in [0, 0.1) is 0 Å². The highest BCUT2D eigenvalue weighted by atomic mass is 32.2. The Morgan fingerprint density at radius 1 is 1.33 bits per heavy atom. The highest BCUT2D eigenvalue weighted by Gasteiger charge is 2.17. The molecule has 0 aliphatic rings. The summed E-state index contributed by atoms with van der Waals surface area (Å²) in [5, 5.41) is 11.2. The van der Waals surface area contributed by atoms with Gasteiger partial charge in [-0.25, -0.2) is 9.48 Å². The summed E-state index contributed by atoms with van der Waals surface area (Å²) in [5.74, 6) is -1.36. The quantitative estimate of drug-likeness (QED) is 0.681. The van der Waals surface area contributed by atoms with Crippen molar-refractivity contribution < 1.29 is 27.6 Å². The predicted molar refractivity (Wildman–Crippen MR) is 69.7 cm³/mol. The van der Waals surface area contributed by atoms with E-state index in [0.717, 1.165) is 22.9 Å². The van der Waals surface area contributed by atoms with Gasteiger partial charge in [-0.1, -0.05) is 0 Å². The van der Waals surface area contributed by atoms with Crippen LogP contribution in [0.4, 0.5) is 0 Å². The normalized spacial score (nSPS) is 11.3. The first-order valence-electron chi connectivity index (χ1n) is 5.45. The molecule has 0 fully saturated rings. The van der Waals surface area contributed by atoms with Gasteiger partial charge in [-0.05, 0) is 12.1 Å². The van der Waals surface area contributed by atoms with Crippen LogP contribution in [-0.4, -0.2) is 40.9 Å². The third-order valence-electron chi connectivity index (χ3n) is 2.64. The van der Waals surface area contributed by atoms with Crippen molar-refractivity contribution in [2.75, 3.05) is 7.11 Å². The van der Waals surface area contributed by atoms with Crippen LogP contribution in [0.25, 0.3) is 5.69 Å². The number of benzene rings is 1. The summed E-state index contributed by atoms with van der Waals surface area (Å²) in [4.78, 5) is 22.1. The smallest absolute Gasteiger partial charge is 0.353 e. The molecular weight excluding hydrogens is 304 g/mol. The van der Waals surface area contributed by atoms with Gasteiger partial charge in [-0.3, -0.25) is 14.4 Å². The number of aromatic nitrogens is 2. The zero-order valence-electron chi connectivity index (χ0n) is 10.6. The Morgan fingerprint density at radius 2 is 2.00 bits per heavy atom. The SMILES string of the molecule is COc1cc(S(=O)(=O)O)ccc1-n1[nH]c(C(=O)O)cc1=O. The fraction of sp³-hybridized carbons (Fsp3) is 0.0909. The van der Waals surface area contributed by atoms with Gasteiger partial charge in [-0.2, -0.15) is 8.42 Å². The highest BCUT2D eigenvalue weighted by molar-refractivity contribution is 7.85. The molecule has 0 bridgehead atoms. The molecule has 9 nitrogen and oxygen atoms in total. The van der Waals surface area contributed by atoms with Gasteiger partial charge >= 0.3 is 5.97 Å². The second kappa shape index (κ2) is 5.07. The van der Waals surface area contributed by atoms with Crippen molar-refractivity contribution >= 4 is 16.1 Å². The Kier molecular flexibility index (Phi) is 3.58. The third kappa shape index (κ3) is 2.80. The van der Waals surface area contributed by atoms with Crippen molar-refractivity contribution in [2.24, 2.45) is 0 Å². The van der Waals surface area contributed by atoms with Crippen molar-refractivity contribution in [3.8, 4) is 11.4 Å². The standard InChI is InChI=1S/C11H10N2O7S/c1-20-9-4-6(21(17,18)19)2-3-8(9)13-10(14)5-7(12-13)11(15)16/h2-5,12H,1H3,(H,15,16)(H,17,18,19). The molecule has 0 spiro atoms. The monoisotopic (exact) mass is 314 g/mol.